The van der Waals surface area contributed by atoms with Gasteiger partial charge in [-0.25, -0.2) is 4.99 Å². The maximum Gasteiger partial charge on any atom is 0.279 e. The standard InChI is InChI=1S/C30H38N6O3/c1-32-27(24-12-9-23(10-13-24)19-34(2)3)28-26(31)29(38)36(21-33-28)20-30(39)15-17-35(18-16-30)25(37)14-11-22-7-5-4-6-8-22/h4-10,12-13,21,31-32,39H,11,14-20H2,1-3H3/b28-27+,31-26?. The predicted octanol–water partition coefficient (Wildman–Crippen LogP) is 2.51. The molecule has 2 heterocycles. The van der Waals surface area contributed by atoms with Crippen LogP contribution in [0.3, 0.4) is 0 Å². The maximum atomic E-state index is 13.1. The van der Waals surface area contributed by atoms with E-state index in [0.717, 1.165) is 23.2 Å². The molecule has 0 radical (unpaired) electrons. The van der Waals surface area contributed by atoms with Gasteiger partial charge in [-0.05, 0) is 50.0 Å². The Labute approximate surface area is 230 Å². The molecule has 0 spiro atoms. The second-order valence-corrected chi connectivity index (χ2v) is 10.6. The van der Waals surface area contributed by atoms with E-state index in [4.69, 9.17) is 5.41 Å². The highest BCUT2D eigenvalue weighted by Crippen LogP contribution is 2.26. The summed E-state index contributed by atoms with van der Waals surface area (Å²) in [5.41, 5.74) is 2.61. The zero-order valence-electron chi connectivity index (χ0n) is 23.0. The van der Waals surface area contributed by atoms with Crippen molar-refractivity contribution in [2.75, 3.05) is 40.8 Å². The van der Waals surface area contributed by atoms with E-state index in [-0.39, 0.29) is 23.9 Å². The summed E-state index contributed by atoms with van der Waals surface area (Å²) in [6.45, 7) is 1.71. The Bertz CT molecular complexity index is 1250. The number of hydrogen-bond acceptors (Lipinski definition) is 7. The second kappa shape index (κ2) is 12.4. The Balaban J connectivity index is 1.38. The van der Waals surface area contributed by atoms with Crippen molar-refractivity contribution in [2.45, 2.75) is 37.8 Å². The van der Waals surface area contributed by atoms with Crippen molar-refractivity contribution in [3.05, 3.63) is 77.0 Å². The summed E-state index contributed by atoms with van der Waals surface area (Å²) in [6, 6.07) is 17.9. The number of aliphatic imine (C=N–C) groups is 1. The number of aliphatic hydroxyl groups is 1. The summed E-state index contributed by atoms with van der Waals surface area (Å²) in [4.78, 5) is 35.5. The molecule has 0 atom stereocenters. The van der Waals surface area contributed by atoms with Crippen LogP contribution < -0.4 is 5.32 Å². The first-order chi connectivity index (χ1) is 18.7. The molecule has 3 N–H and O–H groups in total. The maximum absolute atomic E-state index is 13.1. The van der Waals surface area contributed by atoms with Crippen LogP contribution in [0.4, 0.5) is 0 Å². The smallest absolute Gasteiger partial charge is 0.279 e. The Morgan fingerprint density at radius 3 is 2.36 bits per heavy atom. The van der Waals surface area contributed by atoms with Crippen LogP contribution in [0.15, 0.2) is 65.3 Å². The van der Waals surface area contributed by atoms with E-state index in [2.05, 4.69) is 15.2 Å². The SMILES string of the molecule is CN/C(=C1/N=CN(CC2(O)CCN(C(=O)CCc3ccccc3)CC2)C(=O)C1=N)c1ccc(CN(C)C)cc1. The lowest BCUT2D eigenvalue weighted by atomic mass is 9.90. The minimum atomic E-state index is -1.15. The summed E-state index contributed by atoms with van der Waals surface area (Å²) >= 11 is 0. The van der Waals surface area contributed by atoms with Gasteiger partial charge >= 0.3 is 0 Å². The van der Waals surface area contributed by atoms with Crippen LogP contribution in [-0.4, -0.2) is 90.0 Å². The molecule has 9 heteroatoms. The van der Waals surface area contributed by atoms with E-state index in [1.165, 1.54) is 11.2 Å². The highest BCUT2D eigenvalue weighted by atomic mass is 16.3. The lowest BCUT2D eigenvalue weighted by Crippen LogP contribution is -2.54. The summed E-state index contributed by atoms with van der Waals surface area (Å²) in [6.07, 6.45) is 3.24. The summed E-state index contributed by atoms with van der Waals surface area (Å²) in [5, 5.41) is 22.9. The fourth-order valence-corrected chi connectivity index (χ4v) is 5.03. The minimum Gasteiger partial charge on any atom is -0.388 e. The molecule has 2 aromatic carbocycles. The van der Waals surface area contributed by atoms with E-state index in [1.54, 1.807) is 11.9 Å². The van der Waals surface area contributed by atoms with Crippen LogP contribution >= 0.6 is 0 Å². The number of nitrogens with zero attached hydrogens (tertiary/aromatic N) is 4. The van der Waals surface area contributed by atoms with Gasteiger partial charge in [0.05, 0.1) is 24.2 Å². The molecule has 0 unspecified atom stereocenters. The number of piperidine rings is 1. The van der Waals surface area contributed by atoms with Crippen molar-refractivity contribution in [3.63, 3.8) is 0 Å². The van der Waals surface area contributed by atoms with E-state index in [1.807, 2.05) is 68.7 Å². The molecular weight excluding hydrogens is 492 g/mol. The van der Waals surface area contributed by atoms with Crippen LogP contribution in [0.2, 0.25) is 0 Å². The molecule has 206 valence electrons. The van der Waals surface area contributed by atoms with Crippen molar-refractivity contribution in [1.29, 1.82) is 5.41 Å². The molecule has 2 aromatic rings. The quantitative estimate of drug-likeness (QED) is 0.461. The van der Waals surface area contributed by atoms with Gasteiger partial charge in [0.2, 0.25) is 5.91 Å². The largest absolute Gasteiger partial charge is 0.388 e. The molecule has 2 aliphatic rings. The zero-order chi connectivity index (χ0) is 28.0. The summed E-state index contributed by atoms with van der Waals surface area (Å²) < 4.78 is 0. The summed E-state index contributed by atoms with van der Waals surface area (Å²) in [5.74, 6) is -0.436. The fraction of sp³-hybridized carbons (Fsp3) is 0.400. The van der Waals surface area contributed by atoms with Crippen molar-refractivity contribution in [3.8, 4) is 0 Å². The van der Waals surface area contributed by atoms with Gasteiger partial charge in [0.15, 0.2) is 0 Å². The molecule has 1 fully saturated rings. The Morgan fingerprint density at radius 2 is 1.74 bits per heavy atom. The van der Waals surface area contributed by atoms with E-state index in [9.17, 15) is 14.7 Å². The molecular formula is C30H38N6O3. The van der Waals surface area contributed by atoms with Gasteiger partial charge in [0, 0.05) is 33.1 Å². The number of hydrogen-bond donors (Lipinski definition) is 3. The van der Waals surface area contributed by atoms with Crippen LogP contribution in [0, 0.1) is 5.41 Å². The molecule has 0 saturated carbocycles. The highest BCUT2D eigenvalue weighted by molar-refractivity contribution is 6.47. The molecule has 9 nitrogen and oxygen atoms in total. The first-order valence-electron chi connectivity index (χ1n) is 13.3. The number of likely N-dealkylation sites (tertiary alicyclic amines) is 1. The predicted molar refractivity (Wildman–Crippen MR) is 153 cm³/mol. The van der Waals surface area contributed by atoms with Crippen LogP contribution in [0.5, 0.6) is 0 Å². The number of nitrogens with one attached hydrogen (secondary N) is 2. The molecule has 39 heavy (non-hydrogen) atoms. The van der Waals surface area contributed by atoms with Gasteiger partial charge in [0.25, 0.3) is 5.91 Å². The molecule has 4 rings (SSSR count). The van der Waals surface area contributed by atoms with E-state index < -0.39 is 11.5 Å². The van der Waals surface area contributed by atoms with Crippen molar-refractivity contribution >= 4 is 29.6 Å². The summed E-state index contributed by atoms with van der Waals surface area (Å²) in [7, 11) is 5.77. The first-order valence-corrected chi connectivity index (χ1v) is 13.3. The fourth-order valence-electron chi connectivity index (χ4n) is 5.03. The number of carbonyl (C=O) groups is 2. The number of β-amino-alcohol motifs (C(OH)–C–C–N with tert-alkyl or cyclic N) is 1. The van der Waals surface area contributed by atoms with Gasteiger partial charge in [-0.15, -0.1) is 0 Å². The number of aryl methyl sites for hydroxylation is 1. The number of benzene rings is 2. The normalized spacial score (nSPS) is 18.5. The molecule has 1 saturated heterocycles. The van der Waals surface area contributed by atoms with Crippen LogP contribution in [-0.2, 0) is 22.6 Å². The van der Waals surface area contributed by atoms with E-state index >= 15 is 0 Å². The number of amides is 2. The zero-order valence-corrected chi connectivity index (χ0v) is 23.0. The molecule has 0 bridgehead atoms. The Kier molecular flexibility index (Phi) is 8.93. The Hall–Kier alpha value is -3.82. The third-order valence-electron chi connectivity index (χ3n) is 7.25. The topological polar surface area (TPSA) is 112 Å². The molecule has 0 aliphatic carbocycles. The van der Waals surface area contributed by atoms with Crippen molar-refractivity contribution < 1.29 is 14.7 Å². The van der Waals surface area contributed by atoms with Crippen LogP contribution in [0.25, 0.3) is 5.70 Å². The highest BCUT2D eigenvalue weighted by Gasteiger charge is 2.38. The first kappa shape index (κ1) is 28.2. The second-order valence-electron chi connectivity index (χ2n) is 10.6. The van der Waals surface area contributed by atoms with Crippen molar-refractivity contribution in [2.24, 2.45) is 4.99 Å². The monoisotopic (exact) mass is 530 g/mol. The van der Waals surface area contributed by atoms with Gasteiger partial charge in [-0.3, -0.25) is 19.9 Å². The Morgan fingerprint density at radius 1 is 1.08 bits per heavy atom. The minimum absolute atomic E-state index is 0.0329. The lowest BCUT2D eigenvalue weighted by molar-refractivity contribution is -0.137. The average Bonchev–Trinajstić information content (AvgIpc) is 2.93. The molecule has 2 amide bonds. The van der Waals surface area contributed by atoms with Gasteiger partial charge < -0.3 is 20.2 Å². The van der Waals surface area contributed by atoms with E-state index in [0.29, 0.717) is 44.5 Å². The lowest BCUT2D eigenvalue weighted by Gasteiger charge is -2.40. The average molecular weight is 531 g/mol. The van der Waals surface area contributed by atoms with Gasteiger partial charge in [0.1, 0.15) is 11.4 Å². The number of rotatable bonds is 9. The number of carbonyl (C=O) groups excluding carboxylic acids is 2. The van der Waals surface area contributed by atoms with Crippen LogP contribution in [0.1, 0.15) is 36.0 Å². The van der Waals surface area contributed by atoms with Crippen molar-refractivity contribution in [1.82, 2.24) is 20.0 Å². The van der Waals surface area contributed by atoms with Gasteiger partial charge in [-0.1, -0.05) is 54.6 Å². The third kappa shape index (κ3) is 6.99. The third-order valence-corrected chi connectivity index (χ3v) is 7.25. The molecule has 2 aliphatic heterocycles. The van der Waals surface area contributed by atoms with Gasteiger partial charge in [-0.2, -0.15) is 0 Å². The molecule has 0 aromatic heterocycles.